The van der Waals surface area contributed by atoms with E-state index in [4.69, 9.17) is 18.0 Å². The smallest absolute Gasteiger partial charge is 0.240 e. The maximum absolute atomic E-state index is 13.5. The van der Waals surface area contributed by atoms with Crippen molar-refractivity contribution in [2.24, 2.45) is 11.7 Å². The van der Waals surface area contributed by atoms with E-state index in [2.05, 4.69) is 4.72 Å². The van der Waals surface area contributed by atoms with Gasteiger partial charge in [-0.15, -0.1) is 0 Å². The predicted molar refractivity (Wildman–Crippen MR) is 79.4 cm³/mol. The van der Waals surface area contributed by atoms with Crippen LogP contribution in [0.1, 0.15) is 31.7 Å². The van der Waals surface area contributed by atoms with Crippen LogP contribution in [0.4, 0.5) is 4.39 Å². The van der Waals surface area contributed by atoms with Gasteiger partial charge in [0.05, 0.1) is 4.90 Å². The van der Waals surface area contributed by atoms with Crippen LogP contribution < -0.4 is 10.5 Å². The molecule has 0 aliphatic heterocycles. The van der Waals surface area contributed by atoms with Gasteiger partial charge in [-0.25, -0.2) is 17.5 Å². The Kier molecular flexibility index (Phi) is 4.41. The molecular weight excluding hydrogens is 299 g/mol. The van der Waals surface area contributed by atoms with E-state index in [1.807, 2.05) is 6.92 Å². The molecule has 1 aliphatic carbocycles. The number of halogens is 1. The summed E-state index contributed by atoms with van der Waals surface area (Å²) in [4.78, 5) is -0.172. The lowest BCUT2D eigenvalue weighted by Gasteiger charge is -2.17. The topological polar surface area (TPSA) is 72.2 Å². The first-order valence-corrected chi connectivity index (χ1v) is 8.32. The Bertz CT molecular complexity index is 631. The zero-order valence-electron chi connectivity index (χ0n) is 11.1. The van der Waals surface area contributed by atoms with Crippen molar-refractivity contribution < 1.29 is 12.8 Å². The molecule has 0 radical (unpaired) electrons. The van der Waals surface area contributed by atoms with Crippen molar-refractivity contribution in [2.45, 2.75) is 37.1 Å². The molecule has 0 amide bonds. The van der Waals surface area contributed by atoms with E-state index in [0.29, 0.717) is 5.92 Å². The summed E-state index contributed by atoms with van der Waals surface area (Å²) >= 11 is 4.72. The highest BCUT2D eigenvalue weighted by molar-refractivity contribution is 7.89. The van der Waals surface area contributed by atoms with Crippen molar-refractivity contribution in [1.82, 2.24) is 4.72 Å². The fraction of sp³-hybridized carbons (Fsp3) is 0.462. The molecule has 0 aromatic heterocycles. The second kappa shape index (κ2) is 5.75. The lowest BCUT2D eigenvalue weighted by atomic mass is 10.1. The van der Waals surface area contributed by atoms with Gasteiger partial charge < -0.3 is 5.73 Å². The summed E-state index contributed by atoms with van der Waals surface area (Å²) in [5.74, 6) is -0.314. The molecule has 2 rings (SSSR count). The van der Waals surface area contributed by atoms with Crippen LogP contribution in [0.15, 0.2) is 23.1 Å². The van der Waals surface area contributed by atoms with Gasteiger partial charge in [0, 0.05) is 11.6 Å². The molecule has 0 saturated heterocycles. The average molecular weight is 316 g/mol. The Morgan fingerprint density at radius 2 is 2.15 bits per heavy atom. The zero-order valence-corrected chi connectivity index (χ0v) is 12.7. The maximum Gasteiger partial charge on any atom is 0.240 e. The third kappa shape index (κ3) is 3.16. The molecule has 0 heterocycles. The van der Waals surface area contributed by atoms with E-state index >= 15 is 0 Å². The van der Waals surface area contributed by atoms with Gasteiger partial charge in [-0.1, -0.05) is 25.6 Å². The SMILES string of the molecule is CC1CCCC1NS(=O)(=O)c1ccc(F)c(C(N)=S)c1. The van der Waals surface area contributed by atoms with Gasteiger partial charge in [-0.3, -0.25) is 0 Å². The number of nitrogens with two attached hydrogens (primary N) is 1. The van der Waals surface area contributed by atoms with Crippen LogP contribution in [0.3, 0.4) is 0 Å². The molecule has 1 aromatic rings. The first-order chi connectivity index (χ1) is 9.31. The molecule has 110 valence electrons. The summed E-state index contributed by atoms with van der Waals surface area (Å²) in [5.41, 5.74) is 5.34. The van der Waals surface area contributed by atoms with Gasteiger partial charge >= 0.3 is 0 Å². The minimum absolute atomic E-state index is 0.0131. The van der Waals surface area contributed by atoms with Crippen LogP contribution in [0.5, 0.6) is 0 Å². The Morgan fingerprint density at radius 1 is 1.45 bits per heavy atom. The van der Waals surface area contributed by atoms with Crippen molar-refractivity contribution in [1.29, 1.82) is 0 Å². The van der Waals surface area contributed by atoms with Crippen molar-refractivity contribution in [3.8, 4) is 0 Å². The Balaban J connectivity index is 2.30. The number of rotatable bonds is 4. The van der Waals surface area contributed by atoms with Crippen LogP contribution in [-0.2, 0) is 10.0 Å². The summed E-state index contributed by atoms with van der Waals surface area (Å²) in [7, 11) is -3.68. The number of sulfonamides is 1. The Hall–Kier alpha value is -1.05. The third-order valence-electron chi connectivity index (χ3n) is 3.68. The van der Waals surface area contributed by atoms with Gasteiger partial charge in [0.25, 0.3) is 0 Å². The van der Waals surface area contributed by atoms with E-state index in [9.17, 15) is 12.8 Å². The molecule has 20 heavy (non-hydrogen) atoms. The number of benzene rings is 1. The highest BCUT2D eigenvalue weighted by Gasteiger charge is 2.28. The molecule has 3 N–H and O–H groups in total. The quantitative estimate of drug-likeness (QED) is 0.833. The second-order valence-electron chi connectivity index (χ2n) is 5.14. The summed E-state index contributed by atoms with van der Waals surface area (Å²) in [6.45, 7) is 2.02. The van der Waals surface area contributed by atoms with Crippen molar-refractivity contribution >= 4 is 27.2 Å². The van der Waals surface area contributed by atoms with Gasteiger partial charge in [0.2, 0.25) is 10.0 Å². The Labute approximate surface area is 123 Å². The maximum atomic E-state index is 13.5. The predicted octanol–water partition coefficient (Wildman–Crippen LogP) is 1.93. The largest absolute Gasteiger partial charge is 0.389 e. The van der Waals surface area contributed by atoms with Crippen LogP contribution in [0, 0.1) is 11.7 Å². The molecular formula is C13H17FN2O2S2. The van der Waals surface area contributed by atoms with Crippen molar-refractivity contribution in [3.63, 3.8) is 0 Å². The number of hydrogen-bond donors (Lipinski definition) is 2. The molecule has 2 unspecified atom stereocenters. The third-order valence-corrected chi connectivity index (χ3v) is 5.39. The molecule has 1 fully saturated rings. The van der Waals surface area contributed by atoms with Gasteiger partial charge in [0.15, 0.2) is 0 Å². The molecule has 4 nitrogen and oxygen atoms in total. The molecule has 1 aliphatic rings. The summed E-state index contributed by atoms with van der Waals surface area (Å²) in [6.07, 6.45) is 2.84. The normalized spacial score (nSPS) is 22.9. The van der Waals surface area contributed by atoms with E-state index in [-0.39, 0.29) is 21.5 Å². The summed E-state index contributed by atoms with van der Waals surface area (Å²) in [5, 5.41) is 0. The summed E-state index contributed by atoms with van der Waals surface area (Å²) in [6, 6.07) is 3.40. The first kappa shape index (κ1) is 15.3. The van der Waals surface area contributed by atoms with E-state index < -0.39 is 15.8 Å². The minimum atomic E-state index is -3.68. The van der Waals surface area contributed by atoms with Crippen LogP contribution in [-0.4, -0.2) is 19.4 Å². The highest BCUT2D eigenvalue weighted by atomic mass is 32.2. The number of hydrogen-bond acceptors (Lipinski definition) is 3. The average Bonchev–Trinajstić information content (AvgIpc) is 2.74. The second-order valence-corrected chi connectivity index (χ2v) is 7.30. The van der Waals surface area contributed by atoms with Gasteiger partial charge in [-0.2, -0.15) is 0 Å². The van der Waals surface area contributed by atoms with Gasteiger partial charge in [0.1, 0.15) is 10.8 Å². The van der Waals surface area contributed by atoms with Crippen molar-refractivity contribution in [3.05, 3.63) is 29.6 Å². The number of nitrogens with one attached hydrogen (secondary N) is 1. The van der Waals surface area contributed by atoms with Crippen LogP contribution >= 0.6 is 12.2 Å². The monoisotopic (exact) mass is 316 g/mol. The van der Waals surface area contributed by atoms with Crippen LogP contribution in [0.2, 0.25) is 0 Å². The molecule has 0 spiro atoms. The molecule has 2 atom stereocenters. The highest BCUT2D eigenvalue weighted by Crippen LogP contribution is 2.26. The minimum Gasteiger partial charge on any atom is -0.389 e. The van der Waals surface area contributed by atoms with Crippen LogP contribution in [0.25, 0.3) is 0 Å². The fourth-order valence-electron chi connectivity index (χ4n) is 2.45. The lowest BCUT2D eigenvalue weighted by molar-refractivity contribution is 0.476. The standard InChI is InChI=1S/C13H17FN2O2S2/c1-8-3-2-4-12(8)16-20(17,18)9-5-6-11(14)10(7-9)13(15)19/h5-8,12,16H,2-4H2,1H3,(H2,15,19). The van der Waals surface area contributed by atoms with E-state index in [1.54, 1.807) is 0 Å². The Morgan fingerprint density at radius 3 is 2.70 bits per heavy atom. The molecule has 1 saturated carbocycles. The van der Waals surface area contributed by atoms with Crippen molar-refractivity contribution in [2.75, 3.05) is 0 Å². The van der Waals surface area contributed by atoms with Gasteiger partial charge in [-0.05, 0) is 37.0 Å². The molecule has 7 heteroatoms. The van der Waals surface area contributed by atoms with E-state index in [1.165, 1.54) is 12.1 Å². The summed E-state index contributed by atoms with van der Waals surface area (Å²) < 4.78 is 40.8. The first-order valence-electron chi connectivity index (χ1n) is 6.43. The molecule has 0 bridgehead atoms. The number of thiocarbonyl (C=S) groups is 1. The molecule has 1 aromatic carbocycles. The van der Waals surface area contributed by atoms with E-state index in [0.717, 1.165) is 25.3 Å². The fourth-order valence-corrected chi connectivity index (χ4v) is 4.01. The zero-order chi connectivity index (χ0) is 14.9. The lowest BCUT2D eigenvalue weighted by Crippen LogP contribution is -2.36.